The summed E-state index contributed by atoms with van der Waals surface area (Å²) in [5, 5.41) is 3.00. The van der Waals surface area contributed by atoms with E-state index >= 15 is 0 Å². The summed E-state index contributed by atoms with van der Waals surface area (Å²) in [6.07, 6.45) is 1.80. The number of nitrogens with zero attached hydrogens (tertiary/aromatic N) is 1. The van der Waals surface area contributed by atoms with Gasteiger partial charge in [0.15, 0.2) is 5.15 Å². The van der Waals surface area contributed by atoms with Gasteiger partial charge in [-0.2, -0.15) is 0 Å². The van der Waals surface area contributed by atoms with Crippen molar-refractivity contribution in [1.82, 2.24) is 10.3 Å². The van der Waals surface area contributed by atoms with Gasteiger partial charge in [-0.15, -0.1) is 0 Å². The number of nitrogens with two attached hydrogens (primary N) is 1. The number of nitrogen functional groups attached to an aromatic ring is 1. The Morgan fingerprint density at radius 1 is 1.33 bits per heavy atom. The molecule has 0 aliphatic carbocycles. The van der Waals surface area contributed by atoms with Crippen LogP contribution in [0.5, 0.6) is 0 Å². The van der Waals surface area contributed by atoms with E-state index in [0.717, 1.165) is 5.47 Å². The van der Waals surface area contributed by atoms with Crippen LogP contribution in [0.25, 0.3) is 6.08 Å². The number of rotatable bonds is 4. The van der Waals surface area contributed by atoms with Crippen LogP contribution in [0.15, 0.2) is 17.6 Å². The van der Waals surface area contributed by atoms with E-state index in [-0.39, 0.29) is 17.6 Å². The summed E-state index contributed by atoms with van der Waals surface area (Å²) in [7, 11) is -0.583. The standard InChI is InChI=1S/C16H23BClN3O3/c1-10(22)20-9-11(8-12-6-7-13(19)14(18)21-12)17-23-15(2,3)16(4,5)24-17/h6-8H,9,19H2,1-5H3,(H,20,22). The van der Waals surface area contributed by atoms with Crippen molar-refractivity contribution < 1.29 is 14.1 Å². The van der Waals surface area contributed by atoms with Crippen LogP contribution in [0.3, 0.4) is 0 Å². The molecule has 1 aliphatic heterocycles. The molecular formula is C16H23BClN3O3. The number of amides is 1. The Bertz CT molecular complexity index is 661. The summed E-state index contributed by atoms with van der Waals surface area (Å²) < 4.78 is 12.1. The lowest BCUT2D eigenvalue weighted by atomic mass is 9.77. The molecule has 0 atom stereocenters. The van der Waals surface area contributed by atoms with Gasteiger partial charge in [0.05, 0.1) is 22.6 Å². The van der Waals surface area contributed by atoms with Crippen LogP contribution in [0.1, 0.15) is 40.3 Å². The first kappa shape index (κ1) is 18.8. The normalized spacial score (nSPS) is 19.4. The zero-order valence-corrected chi connectivity index (χ0v) is 15.4. The van der Waals surface area contributed by atoms with E-state index in [9.17, 15) is 4.79 Å². The third-order valence-electron chi connectivity index (χ3n) is 4.33. The first-order valence-corrected chi connectivity index (χ1v) is 8.12. The number of carbonyl (C=O) groups is 1. The molecule has 2 heterocycles. The third-order valence-corrected chi connectivity index (χ3v) is 4.63. The van der Waals surface area contributed by atoms with Crippen molar-refractivity contribution in [3.05, 3.63) is 28.5 Å². The lowest BCUT2D eigenvalue weighted by Crippen LogP contribution is -2.41. The zero-order valence-electron chi connectivity index (χ0n) is 14.6. The maximum absolute atomic E-state index is 11.3. The highest BCUT2D eigenvalue weighted by molar-refractivity contribution is 6.56. The fourth-order valence-electron chi connectivity index (χ4n) is 2.15. The molecule has 24 heavy (non-hydrogen) atoms. The van der Waals surface area contributed by atoms with Crippen LogP contribution in [0.2, 0.25) is 5.15 Å². The fraction of sp³-hybridized carbons (Fsp3) is 0.500. The van der Waals surface area contributed by atoms with Crippen LogP contribution < -0.4 is 11.1 Å². The van der Waals surface area contributed by atoms with Gasteiger partial charge in [-0.25, -0.2) is 4.98 Å². The summed E-state index contributed by atoms with van der Waals surface area (Å²) in [6.45, 7) is 9.64. The van der Waals surface area contributed by atoms with Crippen molar-refractivity contribution in [3.63, 3.8) is 0 Å². The van der Waals surface area contributed by atoms with E-state index in [4.69, 9.17) is 26.6 Å². The van der Waals surface area contributed by atoms with Gasteiger partial charge in [0.1, 0.15) is 0 Å². The maximum atomic E-state index is 11.3. The predicted octanol–water partition coefficient (Wildman–Crippen LogP) is 2.47. The molecule has 1 amide bonds. The van der Waals surface area contributed by atoms with E-state index in [2.05, 4.69) is 10.3 Å². The molecule has 130 valence electrons. The number of carbonyl (C=O) groups excluding carboxylic acids is 1. The van der Waals surface area contributed by atoms with Gasteiger partial charge in [-0.3, -0.25) is 4.79 Å². The highest BCUT2D eigenvalue weighted by Gasteiger charge is 2.52. The second kappa shape index (κ2) is 6.74. The molecule has 1 aromatic rings. The Balaban J connectivity index is 2.33. The first-order chi connectivity index (χ1) is 11.0. The van der Waals surface area contributed by atoms with Crippen molar-refractivity contribution in [1.29, 1.82) is 0 Å². The maximum Gasteiger partial charge on any atom is 0.492 e. The Labute approximate surface area is 147 Å². The highest BCUT2D eigenvalue weighted by Crippen LogP contribution is 2.38. The van der Waals surface area contributed by atoms with Gasteiger partial charge in [0.2, 0.25) is 5.91 Å². The van der Waals surface area contributed by atoms with Crippen molar-refractivity contribution >= 4 is 36.4 Å². The minimum Gasteiger partial charge on any atom is -0.400 e. The average Bonchev–Trinajstić information content (AvgIpc) is 2.67. The Kier molecular flexibility index (Phi) is 5.27. The van der Waals surface area contributed by atoms with Crippen molar-refractivity contribution in [2.75, 3.05) is 12.3 Å². The number of pyridine rings is 1. The molecule has 0 unspecified atom stereocenters. The molecule has 8 heteroatoms. The number of halogens is 1. The Hall–Kier alpha value is -1.57. The molecule has 0 aromatic carbocycles. The average molecular weight is 352 g/mol. The predicted molar refractivity (Wildman–Crippen MR) is 96.4 cm³/mol. The van der Waals surface area contributed by atoms with Gasteiger partial charge in [-0.05, 0) is 51.4 Å². The number of hydrogen-bond acceptors (Lipinski definition) is 5. The smallest absolute Gasteiger partial charge is 0.400 e. The molecule has 1 fully saturated rings. The second-order valence-corrected chi connectivity index (χ2v) is 7.19. The summed E-state index contributed by atoms with van der Waals surface area (Å²) >= 11 is 5.98. The molecule has 1 saturated heterocycles. The number of hydrogen-bond donors (Lipinski definition) is 2. The summed E-state index contributed by atoms with van der Waals surface area (Å²) in [6, 6.07) is 3.43. The third kappa shape index (κ3) is 4.09. The van der Waals surface area contributed by atoms with E-state index in [0.29, 0.717) is 11.4 Å². The van der Waals surface area contributed by atoms with E-state index in [1.165, 1.54) is 6.92 Å². The monoisotopic (exact) mass is 351 g/mol. The molecule has 1 aromatic heterocycles. The summed E-state index contributed by atoms with van der Waals surface area (Å²) in [4.78, 5) is 15.5. The largest absolute Gasteiger partial charge is 0.492 e. The van der Waals surface area contributed by atoms with Crippen LogP contribution in [0, 0.1) is 0 Å². The van der Waals surface area contributed by atoms with Crippen LogP contribution >= 0.6 is 11.6 Å². The molecule has 0 radical (unpaired) electrons. The molecule has 1 aliphatic rings. The number of nitrogens with one attached hydrogen (secondary N) is 1. The minimum atomic E-state index is -0.583. The van der Waals surface area contributed by atoms with E-state index < -0.39 is 18.3 Å². The quantitative estimate of drug-likeness (QED) is 0.643. The Morgan fingerprint density at radius 3 is 2.42 bits per heavy atom. The van der Waals surface area contributed by atoms with Gasteiger partial charge in [0, 0.05) is 13.5 Å². The number of anilines is 1. The van der Waals surface area contributed by atoms with Gasteiger partial charge < -0.3 is 20.4 Å². The molecule has 0 spiro atoms. The van der Waals surface area contributed by atoms with E-state index in [1.807, 2.05) is 27.7 Å². The topological polar surface area (TPSA) is 86.5 Å². The fourth-order valence-corrected chi connectivity index (χ4v) is 2.31. The highest BCUT2D eigenvalue weighted by atomic mass is 35.5. The lowest BCUT2D eigenvalue weighted by molar-refractivity contribution is -0.118. The molecule has 3 N–H and O–H groups in total. The van der Waals surface area contributed by atoms with Crippen LogP contribution in [-0.4, -0.2) is 35.8 Å². The Morgan fingerprint density at radius 2 is 1.92 bits per heavy atom. The van der Waals surface area contributed by atoms with Gasteiger partial charge >= 0.3 is 7.12 Å². The number of aromatic nitrogens is 1. The second-order valence-electron chi connectivity index (χ2n) is 6.83. The molecule has 6 nitrogen and oxygen atoms in total. The summed E-state index contributed by atoms with van der Waals surface area (Å²) in [5.74, 6) is -0.138. The molecule has 0 saturated carbocycles. The van der Waals surface area contributed by atoms with Crippen molar-refractivity contribution in [2.24, 2.45) is 0 Å². The molecular weight excluding hydrogens is 328 g/mol. The van der Waals surface area contributed by atoms with E-state index in [1.54, 1.807) is 18.2 Å². The zero-order chi connectivity index (χ0) is 18.1. The first-order valence-electron chi connectivity index (χ1n) is 7.74. The van der Waals surface area contributed by atoms with Gasteiger partial charge in [-0.1, -0.05) is 11.6 Å². The SMILES string of the molecule is CC(=O)NCC(=Cc1ccc(N)c(Cl)n1)B1OC(C)(C)C(C)(C)O1. The molecule has 2 rings (SSSR count). The lowest BCUT2D eigenvalue weighted by Gasteiger charge is -2.32. The van der Waals surface area contributed by atoms with Crippen LogP contribution in [0.4, 0.5) is 5.69 Å². The van der Waals surface area contributed by atoms with Crippen LogP contribution in [-0.2, 0) is 14.1 Å². The summed E-state index contributed by atoms with van der Waals surface area (Å²) in [5.41, 5.74) is 6.52. The van der Waals surface area contributed by atoms with Gasteiger partial charge in [0.25, 0.3) is 0 Å². The van der Waals surface area contributed by atoms with Crippen molar-refractivity contribution in [3.8, 4) is 0 Å². The molecule has 0 bridgehead atoms. The minimum absolute atomic E-state index is 0.138. The van der Waals surface area contributed by atoms with Crippen molar-refractivity contribution in [2.45, 2.75) is 45.8 Å².